The van der Waals surface area contributed by atoms with Crippen LogP contribution in [0.4, 0.5) is 0 Å². The fourth-order valence-electron chi connectivity index (χ4n) is 5.84. The van der Waals surface area contributed by atoms with Gasteiger partial charge in [-0.3, -0.25) is 4.79 Å². The molecule has 0 aromatic heterocycles. The Morgan fingerprint density at radius 2 is 1.16 bits per heavy atom. The Kier molecular flexibility index (Phi) is 15.9. The Hall–Kier alpha value is -4.09. The molecular formula is C42H50O9. The van der Waals surface area contributed by atoms with Crippen molar-refractivity contribution in [1.29, 1.82) is 0 Å². The van der Waals surface area contributed by atoms with E-state index >= 15 is 0 Å². The van der Waals surface area contributed by atoms with Crippen LogP contribution in [-0.2, 0) is 59.6 Å². The maximum Gasteiger partial charge on any atom is 0.305 e. The first kappa shape index (κ1) is 38.1. The number of carbonyl (C=O) groups is 1. The van der Waals surface area contributed by atoms with Crippen LogP contribution < -0.4 is 4.74 Å². The lowest BCUT2D eigenvalue weighted by Crippen LogP contribution is -2.61. The minimum Gasteiger partial charge on any atom is -0.494 e. The summed E-state index contributed by atoms with van der Waals surface area (Å²) in [5, 5.41) is 11.4. The van der Waals surface area contributed by atoms with E-state index in [1.54, 1.807) is 0 Å². The van der Waals surface area contributed by atoms with Crippen LogP contribution in [0.1, 0.15) is 54.9 Å². The zero-order valence-electron chi connectivity index (χ0n) is 29.3. The van der Waals surface area contributed by atoms with Crippen molar-refractivity contribution in [2.45, 2.75) is 89.7 Å². The highest BCUT2D eigenvalue weighted by molar-refractivity contribution is 5.69. The molecule has 0 bridgehead atoms. The third-order valence-electron chi connectivity index (χ3n) is 8.54. The van der Waals surface area contributed by atoms with E-state index in [4.69, 9.17) is 33.2 Å². The van der Waals surface area contributed by atoms with Crippen molar-refractivity contribution in [2.24, 2.45) is 0 Å². The highest BCUT2D eigenvalue weighted by Crippen LogP contribution is 2.30. The van der Waals surface area contributed by atoms with Crippen molar-refractivity contribution in [3.63, 3.8) is 0 Å². The van der Waals surface area contributed by atoms with Crippen LogP contribution >= 0.6 is 0 Å². The van der Waals surface area contributed by atoms with Gasteiger partial charge in [0.25, 0.3) is 0 Å². The smallest absolute Gasteiger partial charge is 0.305 e. The number of ether oxygens (including phenoxy) is 7. The highest BCUT2D eigenvalue weighted by Gasteiger charge is 2.48. The molecule has 1 aliphatic rings. The van der Waals surface area contributed by atoms with Crippen molar-refractivity contribution in [3.05, 3.63) is 138 Å². The summed E-state index contributed by atoms with van der Waals surface area (Å²) in [4.78, 5) is 11.5. The van der Waals surface area contributed by atoms with Crippen LogP contribution in [0.2, 0.25) is 0 Å². The zero-order chi connectivity index (χ0) is 35.5. The number of rotatable bonds is 21. The lowest BCUT2D eigenvalue weighted by Gasteiger charge is -2.44. The number of aliphatic hydroxyl groups excluding tert-OH is 1. The van der Waals surface area contributed by atoms with E-state index in [2.05, 4.69) is 0 Å². The van der Waals surface area contributed by atoms with Gasteiger partial charge in [-0.15, -0.1) is 0 Å². The number of benzene rings is 4. The molecule has 0 aliphatic carbocycles. The van der Waals surface area contributed by atoms with Crippen LogP contribution in [0, 0.1) is 0 Å². The van der Waals surface area contributed by atoms with Crippen LogP contribution in [0.3, 0.4) is 0 Å². The van der Waals surface area contributed by atoms with Gasteiger partial charge in [-0.05, 0) is 60.6 Å². The first-order valence-corrected chi connectivity index (χ1v) is 17.8. The number of hydrogen-bond donors (Lipinski definition) is 1. The number of carbonyl (C=O) groups excluding carboxylic acids is 1. The summed E-state index contributed by atoms with van der Waals surface area (Å²) in [5.41, 5.74) is 3.94. The third-order valence-corrected chi connectivity index (χ3v) is 8.54. The standard InChI is InChI=1S/C42H50O9/c1-2-46-38(43)21-13-6-14-26-47-36-24-22-35(23-25-36)30-50-41-40(49-29-34-19-11-5-12-20-34)39(48-28-33-17-9-4-10-18-33)37(51-42(41)44)31-45-27-32-15-7-3-8-16-32/h3-5,7-12,15-20,22-25,37,39-42,44H,2,6,13-14,21,26-31H2,1H3/t37-,39-,40+,41+,42?/m1/s1. The Balaban J connectivity index is 1.23. The molecule has 1 unspecified atom stereocenters. The Morgan fingerprint density at radius 3 is 1.75 bits per heavy atom. The van der Waals surface area contributed by atoms with Crippen LogP contribution in [-0.4, -0.2) is 61.6 Å². The molecule has 9 nitrogen and oxygen atoms in total. The highest BCUT2D eigenvalue weighted by atomic mass is 16.7. The maximum absolute atomic E-state index is 11.5. The summed E-state index contributed by atoms with van der Waals surface area (Å²) in [6.45, 7) is 4.21. The molecule has 51 heavy (non-hydrogen) atoms. The van der Waals surface area contributed by atoms with Crippen molar-refractivity contribution in [2.75, 3.05) is 19.8 Å². The van der Waals surface area contributed by atoms with Gasteiger partial charge < -0.3 is 38.3 Å². The minimum absolute atomic E-state index is 0.152. The second-order valence-corrected chi connectivity index (χ2v) is 12.5. The average molecular weight is 699 g/mol. The van der Waals surface area contributed by atoms with Gasteiger partial charge in [-0.2, -0.15) is 0 Å². The topological polar surface area (TPSA) is 102 Å². The molecule has 0 radical (unpaired) electrons. The van der Waals surface area contributed by atoms with E-state index in [9.17, 15) is 9.90 Å². The van der Waals surface area contributed by atoms with Gasteiger partial charge in [0.05, 0.1) is 46.2 Å². The van der Waals surface area contributed by atoms with Gasteiger partial charge in [0.1, 0.15) is 30.2 Å². The van der Waals surface area contributed by atoms with Crippen molar-refractivity contribution in [1.82, 2.24) is 0 Å². The molecule has 272 valence electrons. The summed E-state index contributed by atoms with van der Waals surface area (Å²) < 4.78 is 42.7. The number of esters is 1. The Morgan fingerprint density at radius 1 is 0.627 bits per heavy atom. The minimum atomic E-state index is -1.28. The number of aliphatic hydroxyl groups is 1. The molecule has 5 rings (SSSR count). The van der Waals surface area contributed by atoms with E-state index in [0.29, 0.717) is 39.5 Å². The van der Waals surface area contributed by atoms with E-state index in [1.807, 2.05) is 122 Å². The molecule has 1 saturated heterocycles. The predicted molar refractivity (Wildman–Crippen MR) is 193 cm³/mol. The van der Waals surface area contributed by atoms with Gasteiger partial charge in [0.2, 0.25) is 0 Å². The molecule has 1 heterocycles. The van der Waals surface area contributed by atoms with Gasteiger partial charge in [0.15, 0.2) is 6.29 Å². The molecule has 4 aromatic rings. The fraction of sp³-hybridized carbons (Fsp3) is 0.405. The quantitative estimate of drug-likeness (QED) is 0.0717. The van der Waals surface area contributed by atoms with Gasteiger partial charge in [-0.1, -0.05) is 103 Å². The van der Waals surface area contributed by atoms with E-state index in [1.165, 1.54) is 0 Å². The molecule has 1 aliphatic heterocycles. The summed E-state index contributed by atoms with van der Waals surface area (Å²) >= 11 is 0. The normalized spacial score (nSPS) is 20.2. The van der Waals surface area contributed by atoms with E-state index in [0.717, 1.165) is 47.3 Å². The van der Waals surface area contributed by atoms with Crippen molar-refractivity contribution in [3.8, 4) is 5.75 Å². The SMILES string of the molecule is CCOC(=O)CCCCCOc1ccc(CO[C@@H]2C(O)O[C@H](COCc3ccccc3)[C@@H](OCc3ccccc3)[C@@H]2OCc2ccccc2)cc1. The van der Waals surface area contributed by atoms with E-state index < -0.39 is 30.7 Å². The molecule has 0 amide bonds. The molecule has 1 fully saturated rings. The first-order chi connectivity index (χ1) is 25.1. The van der Waals surface area contributed by atoms with Crippen molar-refractivity contribution >= 4 is 5.97 Å². The maximum atomic E-state index is 11.5. The summed E-state index contributed by atoms with van der Waals surface area (Å²) in [6.07, 6.45) is -1.06. The Bertz CT molecular complexity index is 1520. The predicted octanol–water partition coefficient (Wildman–Crippen LogP) is 7.18. The van der Waals surface area contributed by atoms with Crippen LogP contribution in [0.5, 0.6) is 5.75 Å². The third kappa shape index (κ3) is 12.9. The molecule has 5 atom stereocenters. The molecule has 0 spiro atoms. The summed E-state index contributed by atoms with van der Waals surface area (Å²) in [5.74, 6) is 0.600. The second kappa shape index (κ2) is 21.3. The number of unbranched alkanes of at least 4 members (excludes halogenated alkanes) is 2. The van der Waals surface area contributed by atoms with Gasteiger partial charge in [0, 0.05) is 6.42 Å². The lowest BCUT2D eigenvalue weighted by atomic mass is 9.98. The summed E-state index contributed by atoms with van der Waals surface area (Å²) in [6, 6.07) is 37.4. The largest absolute Gasteiger partial charge is 0.494 e. The summed E-state index contributed by atoms with van der Waals surface area (Å²) in [7, 11) is 0. The molecule has 4 aromatic carbocycles. The van der Waals surface area contributed by atoms with Gasteiger partial charge in [-0.25, -0.2) is 0 Å². The van der Waals surface area contributed by atoms with Crippen LogP contribution in [0.25, 0.3) is 0 Å². The zero-order valence-corrected chi connectivity index (χ0v) is 29.3. The average Bonchev–Trinajstić information content (AvgIpc) is 3.16. The molecule has 1 N–H and O–H groups in total. The fourth-order valence-corrected chi connectivity index (χ4v) is 5.84. The van der Waals surface area contributed by atoms with E-state index in [-0.39, 0.29) is 19.2 Å². The first-order valence-electron chi connectivity index (χ1n) is 17.8. The molecule has 9 heteroatoms. The van der Waals surface area contributed by atoms with Crippen molar-refractivity contribution < 1.29 is 43.1 Å². The lowest BCUT2D eigenvalue weighted by molar-refractivity contribution is -0.317. The Labute approximate surface area is 301 Å². The monoisotopic (exact) mass is 698 g/mol. The van der Waals surface area contributed by atoms with Gasteiger partial charge >= 0.3 is 5.97 Å². The second-order valence-electron chi connectivity index (χ2n) is 12.5. The van der Waals surface area contributed by atoms with Crippen LogP contribution in [0.15, 0.2) is 115 Å². The number of hydrogen-bond acceptors (Lipinski definition) is 9. The molecular weight excluding hydrogens is 648 g/mol. The molecule has 0 saturated carbocycles.